The van der Waals surface area contributed by atoms with Gasteiger partial charge in [-0.05, 0) is 44.9 Å². The topological polar surface area (TPSA) is 24.5 Å². The Labute approximate surface area is 133 Å². The molecule has 1 aliphatic heterocycles. The summed E-state index contributed by atoms with van der Waals surface area (Å²) in [5.41, 5.74) is 1.49. The second kappa shape index (κ2) is 7.73. The van der Waals surface area contributed by atoms with Crippen LogP contribution in [0.4, 0.5) is 0 Å². The predicted molar refractivity (Wildman–Crippen MR) is 90.9 cm³/mol. The average molecular weight is 311 g/mol. The molecule has 0 bridgehead atoms. The van der Waals surface area contributed by atoms with Gasteiger partial charge in [-0.3, -0.25) is 4.90 Å². The molecule has 0 spiro atoms. The zero-order valence-corrected chi connectivity index (χ0v) is 14.9. The van der Waals surface area contributed by atoms with Crippen molar-refractivity contribution in [2.24, 2.45) is 5.92 Å². The van der Waals surface area contributed by atoms with Crippen molar-refractivity contribution >= 4 is 11.3 Å². The summed E-state index contributed by atoms with van der Waals surface area (Å²) in [6.45, 7) is 16.3. The zero-order chi connectivity index (χ0) is 15.4. The van der Waals surface area contributed by atoms with Crippen molar-refractivity contribution in [1.29, 1.82) is 0 Å². The minimum atomic E-state index is 0.347. The van der Waals surface area contributed by atoms with Gasteiger partial charge in [0.2, 0.25) is 0 Å². The van der Waals surface area contributed by atoms with Gasteiger partial charge in [-0.1, -0.05) is 13.8 Å². The maximum atomic E-state index is 5.82. The molecule has 0 amide bonds. The van der Waals surface area contributed by atoms with Gasteiger partial charge in [-0.25, -0.2) is 0 Å². The Bertz CT molecular complexity index is 434. The molecule has 0 radical (unpaired) electrons. The number of hydrogen-bond acceptors (Lipinski definition) is 4. The summed E-state index contributed by atoms with van der Waals surface area (Å²) in [7, 11) is 0. The van der Waals surface area contributed by atoms with Crippen molar-refractivity contribution in [3.63, 3.8) is 0 Å². The number of ether oxygens (including phenoxy) is 1. The van der Waals surface area contributed by atoms with E-state index in [0.29, 0.717) is 18.1 Å². The maximum absolute atomic E-state index is 5.82. The molecule has 1 aliphatic rings. The molecule has 0 saturated carbocycles. The third kappa shape index (κ3) is 5.37. The van der Waals surface area contributed by atoms with Gasteiger partial charge in [-0.15, -0.1) is 11.3 Å². The fourth-order valence-corrected chi connectivity index (χ4v) is 3.99. The molecule has 2 atom stereocenters. The minimum Gasteiger partial charge on any atom is -0.373 e. The zero-order valence-electron chi connectivity index (χ0n) is 14.1. The van der Waals surface area contributed by atoms with Crippen LogP contribution < -0.4 is 5.32 Å². The Hall–Kier alpha value is -0.420. The smallest absolute Gasteiger partial charge is 0.0678 e. The summed E-state index contributed by atoms with van der Waals surface area (Å²) >= 11 is 1.94. The standard InChI is InChI=1S/C17H30N2OS/c1-12(2)7-18-8-17-6-16(15(5)21-17)11-19-9-13(3)20-14(4)10-19/h6,12-14,18H,7-11H2,1-5H3. The van der Waals surface area contributed by atoms with Crippen LogP contribution in [0.25, 0.3) is 0 Å². The molecular formula is C17H30N2OS. The van der Waals surface area contributed by atoms with E-state index in [4.69, 9.17) is 4.74 Å². The molecule has 21 heavy (non-hydrogen) atoms. The monoisotopic (exact) mass is 310 g/mol. The van der Waals surface area contributed by atoms with E-state index >= 15 is 0 Å². The molecule has 1 fully saturated rings. The van der Waals surface area contributed by atoms with Crippen molar-refractivity contribution in [3.8, 4) is 0 Å². The van der Waals surface area contributed by atoms with Crippen molar-refractivity contribution < 1.29 is 4.74 Å². The molecule has 3 nitrogen and oxygen atoms in total. The summed E-state index contributed by atoms with van der Waals surface area (Å²) in [5.74, 6) is 0.710. The quantitative estimate of drug-likeness (QED) is 0.871. The molecule has 2 unspecified atom stereocenters. The van der Waals surface area contributed by atoms with Crippen LogP contribution in [0.1, 0.15) is 43.0 Å². The first-order valence-corrected chi connectivity index (χ1v) is 8.92. The van der Waals surface area contributed by atoms with E-state index in [1.54, 1.807) is 0 Å². The molecule has 1 saturated heterocycles. The fraction of sp³-hybridized carbons (Fsp3) is 0.765. The summed E-state index contributed by atoms with van der Waals surface area (Å²) in [5, 5.41) is 3.54. The van der Waals surface area contributed by atoms with Crippen molar-refractivity contribution in [2.45, 2.75) is 59.9 Å². The number of nitrogens with one attached hydrogen (secondary N) is 1. The molecule has 1 aromatic rings. The van der Waals surface area contributed by atoms with Gasteiger partial charge in [-0.2, -0.15) is 0 Å². The molecule has 2 rings (SSSR count). The molecule has 4 heteroatoms. The van der Waals surface area contributed by atoms with Gasteiger partial charge < -0.3 is 10.1 Å². The van der Waals surface area contributed by atoms with E-state index in [2.05, 4.69) is 50.9 Å². The Kier molecular flexibility index (Phi) is 6.23. The van der Waals surface area contributed by atoms with Crippen LogP contribution in [0.3, 0.4) is 0 Å². The van der Waals surface area contributed by atoms with Gasteiger partial charge in [0.25, 0.3) is 0 Å². The van der Waals surface area contributed by atoms with Gasteiger partial charge in [0.1, 0.15) is 0 Å². The predicted octanol–water partition coefficient (Wildman–Crippen LogP) is 3.41. The second-order valence-electron chi connectivity index (χ2n) is 6.77. The summed E-state index contributed by atoms with van der Waals surface area (Å²) in [4.78, 5) is 5.44. The highest BCUT2D eigenvalue weighted by Gasteiger charge is 2.22. The Morgan fingerprint density at radius 2 is 2.00 bits per heavy atom. The van der Waals surface area contributed by atoms with Crippen LogP contribution >= 0.6 is 11.3 Å². The van der Waals surface area contributed by atoms with Crippen LogP contribution in [0.2, 0.25) is 0 Å². The van der Waals surface area contributed by atoms with Crippen molar-refractivity contribution in [1.82, 2.24) is 10.2 Å². The summed E-state index contributed by atoms with van der Waals surface area (Å²) < 4.78 is 5.82. The molecule has 2 heterocycles. The molecule has 0 aromatic carbocycles. The molecule has 0 aliphatic carbocycles. The normalized spacial score (nSPS) is 23.9. The van der Waals surface area contributed by atoms with Gasteiger partial charge in [0, 0.05) is 35.9 Å². The highest BCUT2D eigenvalue weighted by molar-refractivity contribution is 7.12. The number of morpholine rings is 1. The van der Waals surface area contributed by atoms with E-state index in [1.165, 1.54) is 15.3 Å². The van der Waals surface area contributed by atoms with Gasteiger partial charge >= 0.3 is 0 Å². The van der Waals surface area contributed by atoms with Gasteiger partial charge in [0.05, 0.1) is 12.2 Å². The van der Waals surface area contributed by atoms with Crippen molar-refractivity contribution in [3.05, 3.63) is 21.4 Å². The Balaban J connectivity index is 1.89. The Morgan fingerprint density at radius 3 is 2.62 bits per heavy atom. The lowest BCUT2D eigenvalue weighted by Gasteiger charge is -2.35. The Morgan fingerprint density at radius 1 is 1.33 bits per heavy atom. The largest absolute Gasteiger partial charge is 0.373 e. The number of aryl methyl sites for hydroxylation is 1. The average Bonchev–Trinajstić information content (AvgIpc) is 2.68. The lowest BCUT2D eigenvalue weighted by molar-refractivity contribution is -0.0705. The second-order valence-corrected chi connectivity index (χ2v) is 8.11. The number of hydrogen-bond donors (Lipinski definition) is 1. The third-order valence-corrected chi connectivity index (χ3v) is 4.91. The minimum absolute atomic E-state index is 0.347. The lowest BCUT2D eigenvalue weighted by atomic mass is 10.2. The molecular weight excluding hydrogens is 280 g/mol. The van der Waals surface area contributed by atoms with E-state index in [9.17, 15) is 0 Å². The maximum Gasteiger partial charge on any atom is 0.0678 e. The number of thiophene rings is 1. The lowest BCUT2D eigenvalue weighted by Crippen LogP contribution is -2.44. The fourth-order valence-electron chi connectivity index (χ4n) is 2.97. The molecule has 1 N–H and O–H groups in total. The number of nitrogens with zero attached hydrogens (tertiary/aromatic N) is 1. The van der Waals surface area contributed by atoms with Crippen LogP contribution in [0.15, 0.2) is 6.07 Å². The number of rotatable bonds is 6. The third-order valence-electron chi connectivity index (χ3n) is 3.81. The van der Waals surface area contributed by atoms with Crippen LogP contribution in [-0.4, -0.2) is 36.7 Å². The first-order chi connectivity index (χ1) is 9.94. The van der Waals surface area contributed by atoms with Crippen molar-refractivity contribution in [2.75, 3.05) is 19.6 Å². The first-order valence-electron chi connectivity index (χ1n) is 8.10. The summed E-state index contributed by atoms with van der Waals surface area (Å²) in [6, 6.07) is 2.39. The van der Waals surface area contributed by atoms with E-state index in [1.807, 2.05) is 11.3 Å². The van der Waals surface area contributed by atoms with Crippen LogP contribution in [-0.2, 0) is 17.8 Å². The molecule has 120 valence electrons. The molecule has 1 aromatic heterocycles. The van der Waals surface area contributed by atoms with Gasteiger partial charge in [0.15, 0.2) is 0 Å². The summed E-state index contributed by atoms with van der Waals surface area (Å²) in [6.07, 6.45) is 0.694. The van der Waals surface area contributed by atoms with E-state index in [-0.39, 0.29) is 0 Å². The first kappa shape index (κ1) is 16.9. The van der Waals surface area contributed by atoms with Crippen LogP contribution in [0, 0.1) is 12.8 Å². The van der Waals surface area contributed by atoms with Crippen LogP contribution in [0.5, 0.6) is 0 Å². The SMILES string of the molecule is Cc1sc(CNCC(C)C)cc1CN1CC(C)OC(C)C1. The van der Waals surface area contributed by atoms with E-state index in [0.717, 1.165) is 32.7 Å². The highest BCUT2D eigenvalue weighted by Crippen LogP contribution is 2.24. The highest BCUT2D eigenvalue weighted by atomic mass is 32.1. The van der Waals surface area contributed by atoms with E-state index < -0.39 is 0 Å².